The zero-order valence-electron chi connectivity index (χ0n) is 14.9. The third-order valence-corrected chi connectivity index (χ3v) is 5.88. The normalized spacial score (nSPS) is 29.2. The molecule has 5 heteroatoms. The van der Waals surface area contributed by atoms with E-state index in [9.17, 15) is 4.79 Å². The van der Waals surface area contributed by atoms with Crippen molar-refractivity contribution in [3.63, 3.8) is 0 Å². The van der Waals surface area contributed by atoms with Crippen molar-refractivity contribution in [3.05, 3.63) is 29.8 Å². The van der Waals surface area contributed by atoms with Crippen molar-refractivity contribution in [3.8, 4) is 5.75 Å². The van der Waals surface area contributed by atoms with Crippen molar-refractivity contribution in [2.24, 2.45) is 17.8 Å². The van der Waals surface area contributed by atoms with Gasteiger partial charge in [0.25, 0.3) is 0 Å². The molecule has 3 atom stereocenters. The molecule has 5 nitrogen and oxygen atoms in total. The van der Waals surface area contributed by atoms with Crippen LogP contribution in [0, 0.1) is 17.8 Å². The Bertz CT molecular complexity index is 599. The molecule has 0 radical (unpaired) electrons. The minimum atomic E-state index is 0.173. The largest absolute Gasteiger partial charge is 0.497 e. The third-order valence-electron chi connectivity index (χ3n) is 5.88. The molecule has 3 fully saturated rings. The van der Waals surface area contributed by atoms with Crippen LogP contribution in [0.1, 0.15) is 24.8 Å². The van der Waals surface area contributed by atoms with Gasteiger partial charge in [0.1, 0.15) is 5.75 Å². The molecule has 136 valence electrons. The minimum absolute atomic E-state index is 0.173. The van der Waals surface area contributed by atoms with Crippen molar-refractivity contribution in [1.82, 2.24) is 10.2 Å². The van der Waals surface area contributed by atoms with E-state index >= 15 is 0 Å². The highest BCUT2D eigenvalue weighted by molar-refractivity contribution is 5.80. The van der Waals surface area contributed by atoms with Crippen LogP contribution < -0.4 is 10.1 Å². The molecule has 1 saturated carbocycles. The number of hydrogen-bond donors (Lipinski definition) is 1. The fraction of sp³-hybridized carbons (Fsp3) is 0.650. The summed E-state index contributed by atoms with van der Waals surface area (Å²) in [6, 6.07) is 8.33. The maximum absolute atomic E-state index is 11.9. The van der Waals surface area contributed by atoms with Gasteiger partial charge in [0.05, 0.1) is 19.8 Å². The number of amides is 1. The van der Waals surface area contributed by atoms with E-state index in [0.717, 1.165) is 44.8 Å². The quantitative estimate of drug-likeness (QED) is 0.858. The van der Waals surface area contributed by atoms with Crippen molar-refractivity contribution in [2.75, 3.05) is 33.4 Å². The van der Waals surface area contributed by atoms with Crippen molar-refractivity contribution in [1.29, 1.82) is 0 Å². The molecule has 1 N–H and O–H groups in total. The minimum Gasteiger partial charge on any atom is -0.497 e. The number of carbonyl (C=O) groups is 1. The summed E-state index contributed by atoms with van der Waals surface area (Å²) in [7, 11) is 1.70. The van der Waals surface area contributed by atoms with Gasteiger partial charge in [-0.2, -0.15) is 0 Å². The van der Waals surface area contributed by atoms with E-state index in [1.165, 1.54) is 12.0 Å². The smallest absolute Gasteiger partial charge is 0.223 e. The SMILES string of the molecule is COc1ccc(CN2CC[C@@H]3CO[C@H](CNC(=O)C4CC4)[C@@H]3C2)cc1. The molecule has 2 aliphatic heterocycles. The summed E-state index contributed by atoms with van der Waals surface area (Å²) in [6.07, 6.45) is 3.47. The highest BCUT2D eigenvalue weighted by atomic mass is 16.5. The molecule has 0 bridgehead atoms. The number of carbonyl (C=O) groups excluding carboxylic acids is 1. The van der Waals surface area contributed by atoms with Crippen LogP contribution in [0.15, 0.2) is 24.3 Å². The molecule has 1 amide bonds. The number of nitrogens with one attached hydrogen (secondary N) is 1. The molecule has 4 rings (SSSR count). The molecule has 0 unspecified atom stereocenters. The first-order valence-electron chi connectivity index (χ1n) is 9.47. The zero-order valence-corrected chi connectivity index (χ0v) is 14.9. The van der Waals surface area contributed by atoms with Crippen LogP contribution >= 0.6 is 0 Å². The lowest BCUT2D eigenvalue weighted by Gasteiger charge is -2.36. The second-order valence-corrected chi connectivity index (χ2v) is 7.69. The number of likely N-dealkylation sites (tertiary alicyclic amines) is 1. The first kappa shape index (κ1) is 16.9. The summed E-state index contributed by atoms with van der Waals surface area (Å²) in [4.78, 5) is 14.4. The average molecular weight is 344 g/mol. The zero-order chi connectivity index (χ0) is 17.2. The fourth-order valence-electron chi connectivity index (χ4n) is 4.13. The number of rotatable bonds is 6. The summed E-state index contributed by atoms with van der Waals surface area (Å²) in [5.41, 5.74) is 1.32. The number of ether oxygens (including phenoxy) is 2. The predicted octanol–water partition coefficient (Wildman–Crippen LogP) is 2.06. The van der Waals surface area contributed by atoms with E-state index in [1.54, 1.807) is 7.11 Å². The van der Waals surface area contributed by atoms with Crippen LogP contribution in [0.2, 0.25) is 0 Å². The molecule has 0 spiro atoms. The number of fused-ring (bicyclic) bond motifs is 1. The molecular weight excluding hydrogens is 316 g/mol. The molecule has 1 aromatic rings. The van der Waals surface area contributed by atoms with Crippen LogP contribution in [0.5, 0.6) is 5.75 Å². The predicted molar refractivity (Wildman–Crippen MR) is 95.3 cm³/mol. The van der Waals surface area contributed by atoms with Gasteiger partial charge in [0.15, 0.2) is 0 Å². The number of nitrogens with zero attached hydrogens (tertiary/aromatic N) is 1. The number of piperidine rings is 1. The summed E-state index contributed by atoms with van der Waals surface area (Å²) in [5, 5.41) is 3.10. The van der Waals surface area contributed by atoms with Gasteiger partial charge in [0.2, 0.25) is 5.91 Å². The van der Waals surface area contributed by atoms with Crippen molar-refractivity contribution < 1.29 is 14.3 Å². The lowest BCUT2D eigenvalue weighted by molar-refractivity contribution is -0.122. The maximum Gasteiger partial charge on any atom is 0.223 e. The second kappa shape index (κ2) is 7.34. The van der Waals surface area contributed by atoms with Gasteiger partial charge in [0, 0.05) is 31.5 Å². The van der Waals surface area contributed by atoms with Gasteiger partial charge in [-0.15, -0.1) is 0 Å². The van der Waals surface area contributed by atoms with Gasteiger partial charge in [-0.25, -0.2) is 0 Å². The fourth-order valence-corrected chi connectivity index (χ4v) is 4.13. The van der Waals surface area contributed by atoms with E-state index in [-0.39, 0.29) is 17.9 Å². The number of methoxy groups -OCH3 is 1. The Kier molecular flexibility index (Phi) is 4.95. The van der Waals surface area contributed by atoms with E-state index in [1.807, 2.05) is 12.1 Å². The summed E-state index contributed by atoms with van der Waals surface area (Å²) < 4.78 is 11.3. The van der Waals surface area contributed by atoms with Crippen molar-refractivity contribution >= 4 is 5.91 Å². The molecule has 25 heavy (non-hydrogen) atoms. The van der Waals surface area contributed by atoms with Crippen LogP contribution in [0.25, 0.3) is 0 Å². The van der Waals surface area contributed by atoms with Gasteiger partial charge >= 0.3 is 0 Å². The molecule has 2 heterocycles. The molecule has 0 aromatic heterocycles. The molecule has 1 aromatic carbocycles. The molecule has 2 saturated heterocycles. The highest BCUT2D eigenvalue weighted by Crippen LogP contribution is 2.35. The Labute approximate surface area is 149 Å². The van der Waals surface area contributed by atoms with E-state index in [2.05, 4.69) is 22.3 Å². The van der Waals surface area contributed by atoms with Gasteiger partial charge in [-0.3, -0.25) is 9.69 Å². The van der Waals surface area contributed by atoms with Crippen LogP contribution in [-0.2, 0) is 16.1 Å². The highest BCUT2D eigenvalue weighted by Gasteiger charge is 2.41. The molecular formula is C20H28N2O3. The summed E-state index contributed by atoms with van der Waals surface area (Å²) in [6.45, 7) is 4.67. The Hall–Kier alpha value is -1.59. The number of benzene rings is 1. The first-order valence-corrected chi connectivity index (χ1v) is 9.47. The van der Waals surface area contributed by atoms with Crippen LogP contribution in [-0.4, -0.2) is 50.3 Å². The Morgan fingerprint density at radius 1 is 1.28 bits per heavy atom. The lowest BCUT2D eigenvalue weighted by Crippen LogP contribution is -2.45. The topological polar surface area (TPSA) is 50.8 Å². The van der Waals surface area contributed by atoms with E-state index in [0.29, 0.717) is 18.4 Å². The van der Waals surface area contributed by atoms with Gasteiger partial charge in [-0.1, -0.05) is 12.1 Å². The van der Waals surface area contributed by atoms with Gasteiger partial charge in [-0.05, 0) is 49.4 Å². The first-order chi connectivity index (χ1) is 12.2. The molecule has 1 aliphatic carbocycles. The Morgan fingerprint density at radius 3 is 2.80 bits per heavy atom. The van der Waals surface area contributed by atoms with Gasteiger partial charge < -0.3 is 14.8 Å². The average Bonchev–Trinajstić information content (AvgIpc) is 3.42. The Morgan fingerprint density at radius 2 is 2.08 bits per heavy atom. The van der Waals surface area contributed by atoms with Crippen LogP contribution in [0.4, 0.5) is 0 Å². The monoisotopic (exact) mass is 344 g/mol. The van der Waals surface area contributed by atoms with E-state index in [4.69, 9.17) is 9.47 Å². The molecule has 3 aliphatic rings. The lowest BCUT2D eigenvalue weighted by atomic mass is 9.84. The number of hydrogen-bond acceptors (Lipinski definition) is 4. The summed E-state index contributed by atoms with van der Waals surface area (Å²) >= 11 is 0. The van der Waals surface area contributed by atoms with Crippen LogP contribution in [0.3, 0.4) is 0 Å². The van der Waals surface area contributed by atoms with Crippen molar-refractivity contribution in [2.45, 2.75) is 31.9 Å². The van der Waals surface area contributed by atoms with E-state index < -0.39 is 0 Å². The third kappa shape index (κ3) is 3.98. The maximum atomic E-state index is 11.9. The summed E-state index contributed by atoms with van der Waals surface area (Å²) in [5.74, 6) is 2.58. The second-order valence-electron chi connectivity index (χ2n) is 7.69. The standard InChI is InChI=1S/C20H28N2O3/c1-24-17-6-2-14(3-7-17)11-22-9-8-16-13-25-19(18(16)12-22)10-21-20(23)15-4-5-15/h2-3,6-7,15-16,18-19H,4-5,8-13H2,1H3,(H,21,23)/t16-,18-,19-/m1/s1. The Balaban J connectivity index is 1.31.